The topological polar surface area (TPSA) is 20.2 Å². The van der Waals surface area contributed by atoms with Crippen LogP contribution in [0.3, 0.4) is 0 Å². The van der Waals surface area contributed by atoms with Crippen LogP contribution in [0.1, 0.15) is 17.9 Å². The molecule has 1 nitrogen and oxygen atoms in total. The molecule has 1 aromatic carbocycles. The Labute approximate surface area is 87.7 Å². The third-order valence-corrected chi connectivity index (χ3v) is 3.40. The van der Waals surface area contributed by atoms with Gasteiger partial charge in [-0.2, -0.15) is 0 Å². The molecule has 2 heteroatoms. The van der Waals surface area contributed by atoms with E-state index in [0.29, 0.717) is 0 Å². The van der Waals surface area contributed by atoms with Gasteiger partial charge in [-0.1, -0.05) is 30.3 Å². The van der Waals surface area contributed by atoms with Crippen molar-refractivity contribution in [2.45, 2.75) is 13.0 Å². The summed E-state index contributed by atoms with van der Waals surface area (Å²) in [7, 11) is 0. The number of aliphatic hydroxyl groups is 1. The second-order valence-corrected chi connectivity index (χ2v) is 4.36. The Bertz CT molecular complexity index is 403. The SMILES string of the molecule is CC(O)c1ccc(-c2ccccc2)s1. The Hall–Kier alpha value is -1.12. The highest BCUT2D eigenvalue weighted by atomic mass is 32.1. The van der Waals surface area contributed by atoms with Crippen LogP contribution < -0.4 is 0 Å². The first-order valence-electron chi connectivity index (χ1n) is 4.60. The highest BCUT2D eigenvalue weighted by Gasteiger charge is 2.05. The Morgan fingerprint density at radius 2 is 1.79 bits per heavy atom. The van der Waals surface area contributed by atoms with Gasteiger partial charge in [0.05, 0.1) is 6.10 Å². The summed E-state index contributed by atoms with van der Waals surface area (Å²) >= 11 is 1.64. The summed E-state index contributed by atoms with van der Waals surface area (Å²) in [5.74, 6) is 0. The Morgan fingerprint density at radius 1 is 1.07 bits per heavy atom. The normalized spacial score (nSPS) is 12.7. The van der Waals surface area contributed by atoms with Crippen molar-refractivity contribution < 1.29 is 5.11 Å². The Kier molecular flexibility index (Phi) is 2.66. The highest BCUT2D eigenvalue weighted by molar-refractivity contribution is 7.15. The molecule has 1 heterocycles. The van der Waals surface area contributed by atoms with E-state index < -0.39 is 0 Å². The molecule has 1 aromatic heterocycles. The Morgan fingerprint density at radius 3 is 2.36 bits per heavy atom. The first-order valence-corrected chi connectivity index (χ1v) is 5.42. The smallest absolute Gasteiger partial charge is 0.0854 e. The largest absolute Gasteiger partial charge is 0.388 e. The van der Waals surface area contributed by atoms with Crippen LogP contribution in [0.2, 0.25) is 0 Å². The van der Waals surface area contributed by atoms with Crippen molar-refractivity contribution in [3.8, 4) is 10.4 Å². The van der Waals surface area contributed by atoms with Crippen molar-refractivity contribution in [1.82, 2.24) is 0 Å². The van der Waals surface area contributed by atoms with Gasteiger partial charge in [-0.05, 0) is 24.6 Å². The fraction of sp³-hybridized carbons (Fsp3) is 0.167. The number of aliphatic hydroxyl groups excluding tert-OH is 1. The number of benzene rings is 1. The number of thiophene rings is 1. The average Bonchev–Trinajstić information content (AvgIpc) is 2.68. The maximum Gasteiger partial charge on any atom is 0.0854 e. The molecule has 0 aliphatic heterocycles. The maximum absolute atomic E-state index is 9.39. The van der Waals surface area contributed by atoms with Crippen LogP contribution in [-0.2, 0) is 0 Å². The van der Waals surface area contributed by atoms with Crippen molar-refractivity contribution in [2.24, 2.45) is 0 Å². The lowest BCUT2D eigenvalue weighted by Crippen LogP contribution is -1.83. The molecular formula is C12H12OS. The molecule has 2 aromatic rings. The van der Waals surface area contributed by atoms with Crippen molar-refractivity contribution >= 4 is 11.3 Å². The van der Waals surface area contributed by atoms with Gasteiger partial charge in [-0.3, -0.25) is 0 Å². The molecule has 0 radical (unpaired) electrons. The number of rotatable bonds is 2. The van der Waals surface area contributed by atoms with Crippen LogP contribution in [-0.4, -0.2) is 5.11 Å². The summed E-state index contributed by atoms with van der Waals surface area (Å²) in [5, 5.41) is 9.39. The van der Waals surface area contributed by atoms with E-state index in [2.05, 4.69) is 18.2 Å². The zero-order valence-corrected chi connectivity index (χ0v) is 8.79. The molecule has 0 bridgehead atoms. The fourth-order valence-corrected chi connectivity index (χ4v) is 2.29. The molecule has 1 unspecified atom stereocenters. The summed E-state index contributed by atoms with van der Waals surface area (Å²) in [6.45, 7) is 1.79. The van der Waals surface area contributed by atoms with Gasteiger partial charge < -0.3 is 5.11 Å². The molecule has 1 atom stereocenters. The third-order valence-electron chi connectivity index (χ3n) is 2.10. The second-order valence-electron chi connectivity index (χ2n) is 3.24. The summed E-state index contributed by atoms with van der Waals surface area (Å²) in [6, 6.07) is 14.3. The van der Waals surface area contributed by atoms with E-state index in [9.17, 15) is 5.11 Å². The third kappa shape index (κ3) is 1.86. The van der Waals surface area contributed by atoms with Gasteiger partial charge in [0.15, 0.2) is 0 Å². The van der Waals surface area contributed by atoms with E-state index in [1.54, 1.807) is 18.3 Å². The molecule has 2 rings (SSSR count). The summed E-state index contributed by atoms with van der Waals surface area (Å²) in [5.41, 5.74) is 1.21. The molecule has 1 N–H and O–H groups in total. The van der Waals surface area contributed by atoms with Crippen molar-refractivity contribution in [3.05, 3.63) is 47.3 Å². The first kappa shape index (κ1) is 9.44. The monoisotopic (exact) mass is 204 g/mol. The minimum Gasteiger partial charge on any atom is -0.388 e. The molecule has 0 saturated carbocycles. The predicted octanol–water partition coefficient (Wildman–Crippen LogP) is 3.47. The van der Waals surface area contributed by atoms with Crippen LogP contribution in [0.25, 0.3) is 10.4 Å². The summed E-state index contributed by atoms with van der Waals surface area (Å²) < 4.78 is 0. The van der Waals surface area contributed by atoms with Gasteiger partial charge >= 0.3 is 0 Å². The molecule has 0 aliphatic carbocycles. The molecule has 0 amide bonds. The predicted molar refractivity (Wildman–Crippen MR) is 60.4 cm³/mol. The van der Waals surface area contributed by atoms with Crippen LogP contribution in [0, 0.1) is 0 Å². The van der Waals surface area contributed by atoms with Gasteiger partial charge in [-0.15, -0.1) is 11.3 Å². The molecule has 14 heavy (non-hydrogen) atoms. The van der Waals surface area contributed by atoms with Gasteiger partial charge in [0, 0.05) is 9.75 Å². The highest BCUT2D eigenvalue weighted by Crippen LogP contribution is 2.30. The second kappa shape index (κ2) is 3.95. The van der Waals surface area contributed by atoms with Gasteiger partial charge in [0.25, 0.3) is 0 Å². The van der Waals surface area contributed by atoms with Gasteiger partial charge in [-0.25, -0.2) is 0 Å². The van der Waals surface area contributed by atoms with Crippen LogP contribution in [0.15, 0.2) is 42.5 Å². The average molecular weight is 204 g/mol. The minimum absolute atomic E-state index is 0.363. The zero-order chi connectivity index (χ0) is 9.97. The van der Waals surface area contributed by atoms with Crippen molar-refractivity contribution in [3.63, 3.8) is 0 Å². The van der Waals surface area contributed by atoms with Crippen molar-refractivity contribution in [2.75, 3.05) is 0 Å². The van der Waals surface area contributed by atoms with Crippen LogP contribution >= 0.6 is 11.3 Å². The summed E-state index contributed by atoms with van der Waals surface area (Å²) in [4.78, 5) is 2.23. The van der Waals surface area contributed by atoms with Gasteiger partial charge in [0.1, 0.15) is 0 Å². The lowest BCUT2D eigenvalue weighted by atomic mass is 10.2. The molecule has 72 valence electrons. The van der Waals surface area contributed by atoms with E-state index >= 15 is 0 Å². The summed E-state index contributed by atoms with van der Waals surface area (Å²) in [6.07, 6.45) is -0.363. The number of hydrogen-bond donors (Lipinski definition) is 1. The van der Waals surface area contributed by atoms with Gasteiger partial charge in [0.2, 0.25) is 0 Å². The number of hydrogen-bond acceptors (Lipinski definition) is 2. The molecule has 0 aliphatic rings. The van der Waals surface area contributed by atoms with E-state index in [1.165, 1.54) is 10.4 Å². The van der Waals surface area contributed by atoms with E-state index in [-0.39, 0.29) is 6.10 Å². The Balaban J connectivity index is 2.34. The van der Waals surface area contributed by atoms with Crippen molar-refractivity contribution in [1.29, 1.82) is 0 Å². The van der Waals surface area contributed by atoms with E-state index in [4.69, 9.17) is 0 Å². The fourth-order valence-electron chi connectivity index (χ4n) is 1.33. The molecule has 0 fully saturated rings. The lowest BCUT2D eigenvalue weighted by Gasteiger charge is -1.98. The molecular weight excluding hydrogens is 192 g/mol. The van der Waals surface area contributed by atoms with Crippen LogP contribution in [0.4, 0.5) is 0 Å². The standard InChI is InChI=1S/C12H12OS/c1-9(13)11-7-8-12(14-11)10-5-3-2-4-6-10/h2-9,13H,1H3. The maximum atomic E-state index is 9.39. The quantitative estimate of drug-likeness (QED) is 0.794. The zero-order valence-electron chi connectivity index (χ0n) is 7.97. The lowest BCUT2D eigenvalue weighted by molar-refractivity contribution is 0.203. The first-order chi connectivity index (χ1) is 6.77. The minimum atomic E-state index is -0.363. The van der Waals surface area contributed by atoms with E-state index in [0.717, 1.165) is 4.88 Å². The molecule has 0 saturated heterocycles. The molecule has 0 spiro atoms. The van der Waals surface area contributed by atoms with E-state index in [1.807, 2.05) is 24.3 Å². The van der Waals surface area contributed by atoms with Crippen LogP contribution in [0.5, 0.6) is 0 Å².